The Morgan fingerprint density at radius 2 is 1.76 bits per heavy atom. The molecule has 0 bridgehead atoms. The normalized spacial score (nSPS) is 11.9. The molecule has 0 aliphatic rings. The highest BCUT2D eigenvalue weighted by molar-refractivity contribution is 6.30. The minimum absolute atomic E-state index is 0.159. The highest BCUT2D eigenvalue weighted by atomic mass is 35.5. The highest BCUT2D eigenvalue weighted by Gasteiger charge is 2.20. The summed E-state index contributed by atoms with van der Waals surface area (Å²) in [4.78, 5) is 32.8. The van der Waals surface area contributed by atoms with Gasteiger partial charge in [0.1, 0.15) is 6.04 Å². The number of rotatable bonds is 5. The molecule has 126 valence electrons. The number of carbonyl (C=O) groups excluding carboxylic acids is 2. The molecule has 7 heteroatoms. The Labute approximate surface area is 149 Å². The summed E-state index contributed by atoms with van der Waals surface area (Å²) in [6.45, 7) is 0. The van der Waals surface area contributed by atoms with Crippen molar-refractivity contribution in [3.8, 4) is 0 Å². The first-order valence-electron chi connectivity index (χ1n) is 7.59. The first kappa shape index (κ1) is 16.9. The van der Waals surface area contributed by atoms with Gasteiger partial charge in [0, 0.05) is 23.2 Å². The molecule has 0 saturated carbocycles. The number of hydrogen-bond donors (Lipinski definition) is 2. The molecule has 1 heterocycles. The van der Waals surface area contributed by atoms with Crippen LogP contribution in [0.2, 0.25) is 5.02 Å². The number of carbonyl (C=O) groups is 2. The van der Waals surface area contributed by atoms with Gasteiger partial charge in [-0.25, -0.2) is 4.98 Å². The van der Waals surface area contributed by atoms with Crippen molar-refractivity contribution in [2.45, 2.75) is 12.5 Å². The van der Waals surface area contributed by atoms with E-state index >= 15 is 0 Å². The van der Waals surface area contributed by atoms with Crippen LogP contribution in [0.15, 0.2) is 54.7 Å². The van der Waals surface area contributed by atoms with E-state index in [2.05, 4.69) is 15.3 Å². The molecule has 25 heavy (non-hydrogen) atoms. The van der Waals surface area contributed by atoms with Crippen molar-refractivity contribution in [3.63, 3.8) is 0 Å². The molecule has 1 atom stereocenters. The Kier molecular flexibility index (Phi) is 4.90. The van der Waals surface area contributed by atoms with Gasteiger partial charge >= 0.3 is 0 Å². The quantitative estimate of drug-likeness (QED) is 0.733. The molecule has 0 fully saturated rings. The summed E-state index contributed by atoms with van der Waals surface area (Å²) in [5.74, 6) is -1.05. The molecule has 0 aliphatic heterocycles. The van der Waals surface area contributed by atoms with Gasteiger partial charge in [-0.05, 0) is 36.4 Å². The van der Waals surface area contributed by atoms with Gasteiger partial charge in [-0.15, -0.1) is 0 Å². The van der Waals surface area contributed by atoms with Gasteiger partial charge < -0.3 is 11.1 Å². The van der Waals surface area contributed by atoms with Gasteiger partial charge in [0.2, 0.25) is 5.91 Å². The molecule has 0 unspecified atom stereocenters. The second-order valence-corrected chi connectivity index (χ2v) is 5.93. The molecule has 0 spiro atoms. The fourth-order valence-electron chi connectivity index (χ4n) is 2.37. The van der Waals surface area contributed by atoms with Gasteiger partial charge in [-0.2, -0.15) is 0 Å². The summed E-state index contributed by atoms with van der Waals surface area (Å²) in [6, 6.07) is 12.9. The zero-order chi connectivity index (χ0) is 17.8. The Morgan fingerprint density at radius 1 is 1.08 bits per heavy atom. The van der Waals surface area contributed by atoms with Crippen LogP contribution in [0.25, 0.3) is 11.0 Å². The van der Waals surface area contributed by atoms with Gasteiger partial charge in [-0.3, -0.25) is 14.6 Å². The maximum absolute atomic E-state index is 12.3. The topological polar surface area (TPSA) is 98.0 Å². The van der Waals surface area contributed by atoms with Crippen molar-refractivity contribution in [3.05, 3.63) is 71.0 Å². The molecule has 3 rings (SSSR count). The summed E-state index contributed by atoms with van der Waals surface area (Å²) in [5.41, 5.74) is 7.85. The van der Waals surface area contributed by atoms with Crippen molar-refractivity contribution in [1.29, 1.82) is 0 Å². The second-order valence-electron chi connectivity index (χ2n) is 5.49. The molecule has 0 saturated heterocycles. The van der Waals surface area contributed by atoms with E-state index in [0.717, 1.165) is 5.52 Å². The Morgan fingerprint density at radius 3 is 2.44 bits per heavy atom. The van der Waals surface area contributed by atoms with Crippen LogP contribution in [-0.2, 0) is 11.2 Å². The largest absolute Gasteiger partial charge is 0.368 e. The van der Waals surface area contributed by atoms with E-state index in [1.54, 1.807) is 30.5 Å². The lowest BCUT2D eigenvalue weighted by molar-refractivity contribution is -0.119. The number of para-hydroxylation sites is 2. The van der Waals surface area contributed by atoms with Crippen LogP contribution in [0.3, 0.4) is 0 Å². The van der Waals surface area contributed by atoms with E-state index in [1.807, 2.05) is 24.3 Å². The molecule has 0 aliphatic carbocycles. The number of nitrogens with one attached hydrogen (secondary N) is 1. The molecular formula is C18H15ClN4O2. The maximum atomic E-state index is 12.3. The number of nitrogens with zero attached hydrogens (tertiary/aromatic N) is 2. The number of fused-ring (bicyclic) bond motifs is 1. The minimum Gasteiger partial charge on any atom is -0.368 e. The number of aromatic nitrogens is 2. The van der Waals surface area contributed by atoms with E-state index in [4.69, 9.17) is 17.3 Å². The second kappa shape index (κ2) is 7.27. The monoisotopic (exact) mass is 354 g/mol. The summed E-state index contributed by atoms with van der Waals surface area (Å²) in [5, 5.41) is 3.15. The third-order valence-corrected chi connectivity index (χ3v) is 3.92. The van der Waals surface area contributed by atoms with E-state index < -0.39 is 17.9 Å². The van der Waals surface area contributed by atoms with Crippen LogP contribution >= 0.6 is 11.6 Å². The van der Waals surface area contributed by atoms with Crippen LogP contribution in [0.1, 0.15) is 16.1 Å². The number of nitrogens with two attached hydrogens (primary N) is 1. The molecule has 0 radical (unpaired) electrons. The predicted octanol–water partition coefficient (Wildman–Crippen LogP) is 2.11. The number of amides is 2. The zero-order valence-corrected chi connectivity index (χ0v) is 13.9. The SMILES string of the molecule is NC(=O)[C@@H](Cc1cnc2ccccc2n1)NC(=O)c1ccc(Cl)cc1. The average Bonchev–Trinajstić information content (AvgIpc) is 2.61. The number of primary amides is 1. The summed E-state index contributed by atoms with van der Waals surface area (Å²) >= 11 is 5.81. The summed E-state index contributed by atoms with van der Waals surface area (Å²) in [6.07, 6.45) is 1.74. The van der Waals surface area contributed by atoms with E-state index in [1.165, 1.54) is 0 Å². The highest BCUT2D eigenvalue weighted by Crippen LogP contribution is 2.11. The fraction of sp³-hybridized carbons (Fsp3) is 0.111. The van der Waals surface area contributed by atoms with Gasteiger partial charge in [0.25, 0.3) is 5.91 Å². The molecule has 1 aromatic heterocycles. The van der Waals surface area contributed by atoms with Crippen LogP contribution in [0.5, 0.6) is 0 Å². The zero-order valence-electron chi connectivity index (χ0n) is 13.1. The van der Waals surface area contributed by atoms with E-state index in [-0.39, 0.29) is 6.42 Å². The Bertz CT molecular complexity index is 928. The van der Waals surface area contributed by atoms with Crippen molar-refractivity contribution < 1.29 is 9.59 Å². The van der Waals surface area contributed by atoms with Crippen molar-refractivity contribution >= 4 is 34.4 Å². The van der Waals surface area contributed by atoms with Crippen LogP contribution in [-0.4, -0.2) is 27.8 Å². The molecule has 3 N–H and O–H groups in total. The third-order valence-electron chi connectivity index (χ3n) is 3.67. The summed E-state index contributed by atoms with van der Waals surface area (Å²) < 4.78 is 0. The van der Waals surface area contributed by atoms with Crippen LogP contribution in [0, 0.1) is 0 Å². The number of benzene rings is 2. The lowest BCUT2D eigenvalue weighted by atomic mass is 10.1. The van der Waals surface area contributed by atoms with Crippen LogP contribution in [0.4, 0.5) is 0 Å². The van der Waals surface area contributed by atoms with Crippen molar-refractivity contribution in [1.82, 2.24) is 15.3 Å². The van der Waals surface area contributed by atoms with Crippen molar-refractivity contribution in [2.75, 3.05) is 0 Å². The molecular weight excluding hydrogens is 340 g/mol. The van der Waals surface area contributed by atoms with Gasteiger partial charge in [0.05, 0.1) is 16.7 Å². The number of halogens is 1. The Hall–Kier alpha value is -2.99. The molecule has 6 nitrogen and oxygen atoms in total. The van der Waals surface area contributed by atoms with Gasteiger partial charge in [0.15, 0.2) is 0 Å². The average molecular weight is 355 g/mol. The number of hydrogen-bond acceptors (Lipinski definition) is 4. The maximum Gasteiger partial charge on any atom is 0.251 e. The lowest BCUT2D eigenvalue weighted by Crippen LogP contribution is -2.46. The van der Waals surface area contributed by atoms with E-state index in [9.17, 15) is 9.59 Å². The molecule has 3 aromatic rings. The predicted molar refractivity (Wildman–Crippen MR) is 95.1 cm³/mol. The first-order valence-corrected chi connectivity index (χ1v) is 7.97. The fourth-order valence-corrected chi connectivity index (χ4v) is 2.49. The smallest absolute Gasteiger partial charge is 0.251 e. The third kappa shape index (κ3) is 4.10. The summed E-state index contributed by atoms with van der Waals surface area (Å²) in [7, 11) is 0. The van der Waals surface area contributed by atoms with Crippen molar-refractivity contribution in [2.24, 2.45) is 5.73 Å². The van der Waals surface area contributed by atoms with Gasteiger partial charge in [-0.1, -0.05) is 23.7 Å². The van der Waals surface area contributed by atoms with Crippen LogP contribution < -0.4 is 11.1 Å². The van der Waals surface area contributed by atoms with E-state index in [0.29, 0.717) is 21.8 Å². The molecule has 2 aromatic carbocycles. The first-order chi connectivity index (χ1) is 12.0. The lowest BCUT2D eigenvalue weighted by Gasteiger charge is -2.15. The Balaban J connectivity index is 1.77. The minimum atomic E-state index is -0.890. The molecule has 2 amide bonds. The standard InChI is InChI=1S/C18H15ClN4O2/c19-12-7-5-11(6-8-12)18(25)23-16(17(20)24)9-13-10-21-14-3-1-2-4-15(14)22-13/h1-8,10,16H,9H2,(H2,20,24)(H,23,25)/t16-/m1/s1.